The molecule has 0 aliphatic carbocycles. The van der Waals surface area contributed by atoms with Crippen LogP contribution in [0.3, 0.4) is 0 Å². The van der Waals surface area contributed by atoms with Crippen LogP contribution in [-0.4, -0.2) is 37.1 Å². The van der Waals surface area contributed by atoms with Gasteiger partial charge in [0, 0.05) is 18.0 Å². The van der Waals surface area contributed by atoms with Crippen LogP contribution in [0.25, 0.3) is 11.0 Å². The minimum atomic E-state index is -4.56. The topological polar surface area (TPSA) is 137 Å². The Hall–Kier alpha value is -3.37. The number of aryl methyl sites for hydroxylation is 1. The molecular weight excluding hydrogens is 400 g/mol. The second-order valence-electron chi connectivity index (χ2n) is 6.31. The van der Waals surface area contributed by atoms with Crippen molar-refractivity contribution in [2.75, 3.05) is 17.4 Å². The summed E-state index contributed by atoms with van der Waals surface area (Å²) in [5.41, 5.74) is 0.109. The van der Waals surface area contributed by atoms with E-state index < -0.39 is 21.8 Å². The number of carbonyl (C=O) groups excluding carboxylic acids is 1. The number of hydrogen-bond acceptors (Lipinski definition) is 6. The molecule has 2 aromatic carbocycles. The molecule has 0 atom stereocenters. The first-order valence-corrected chi connectivity index (χ1v) is 9.92. The molecule has 0 saturated carbocycles. The van der Waals surface area contributed by atoms with Gasteiger partial charge in [0.15, 0.2) is 0 Å². The molecule has 3 rings (SSSR count). The van der Waals surface area contributed by atoms with Crippen LogP contribution in [0.2, 0.25) is 0 Å². The number of benzene rings is 2. The summed E-state index contributed by atoms with van der Waals surface area (Å²) in [5, 5.41) is 12.3. The summed E-state index contributed by atoms with van der Waals surface area (Å²) < 4.78 is 38.6. The lowest BCUT2D eigenvalue weighted by Gasteiger charge is -2.21. The third-order valence-corrected chi connectivity index (χ3v) is 5.12. The molecule has 1 heterocycles. The van der Waals surface area contributed by atoms with Gasteiger partial charge in [-0.15, -0.1) is 0 Å². The van der Waals surface area contributed by atoms with Gasteiger partial charge in [-0.2, -0.15) is 8.42 Å². The van der Waals surface area contributed by atoms with Crippen molar-refractivity contribution in [3.63, 3.8) is 0 Å². The Morgan fingerprint density at radius 3 is 2.48 bits per heavy atom. The Morgan fingerprint density at radius 1 is 1.14 bits per heavy atom. The van der Waals surface area contributed by atoms with Gasteiger partial charge in [0.1, 0.15) is 16.9 Å². The minimum absolute atomic E-state index is 0.0840. The number of fused-ring (bicyclic) bond motifs is 1. The lowest BCUT2D eigenvalue weighted by molar-refractivity contribution is 0.0951. The Balaban J connectivity index is 1.75. The molecule has 9 nitrogen and oxygen atoms in total. The van der Waals surface area contributed by atoms with E-state index in [2.05, 4.69) is 5.32 Å². The first-order chi connectivity index (χ1) is 13.6. The van der Waals surface area contributed by atoms with E-state index in [0.717, 1.165) is 9.87 Å². The predicted octanol–water partition coefficient (Wildman–Crippen LogP) is 1.85. The zero-order chi connectivity index (χ0) is 21.2. The molecule has 0 fully saturated rings. The van der Waals surface area contributed by atoms with Crippen LogP contribution in [0.1, 0.15) is 15.9 Å². The highest BCUT2D eigenvalue weighted by Gasteiger charge is 2.20. The summed E-state index contributed by atoms with van der Waals surface area (Å²) in [6.45, 7) is 1.41. The van der Waals surface area contributed by atoms with E-state index in [4.69, 9.17) is 4.42 Å². The molecule has 0 spiro atoms. The van der Waals surface area contributed by atoms with Crippen molar-refractivity contribution in [1.82, 2.24) is 5.32 Å². The van der Waals surface area contributed by atoms with Gasteiger partial charge < -0.3 is 14.8 Å². The van der Waals surface area contributed by atoms with E-state index in [1.165, 1.54) is 36.4 Å². The van der Waals surface area contributed by atoms with Crippen molar-refractivity contribution in [3.05, 3.63) is 70.1 Å². The zero-order valence-electron chi connectivity index (χ0n) is 15.3. The van der Waals surface area contributed by atoms with Crippen molar-refractivity contribution in [3.8, 4) is 5.75 Å². The van der Waals surface area contributed by atoms with Crippen molar-refractivity contribution in [2.24, 2.45) is 0 Å². The van der Waals surface area contributed by atoms with E-state index in [9.17, 15) is 27.7 Å². The fourth-order valence-electron chi connectivity index (χ4n) is 2.71. The molecule has 1 aromatic heterocycles. The summed E-state index contributed by atoms with van der Waals surface area (Å²) in [4.78, 5) is 24.4. The zero-order valence-corrected chi connectivity index (χ0v) is 16.1. The van der Waals surface area contributed by atoms with Gasteiger partial charge in [-0.25, -0.2) is 9.10 Å². The van der Waals surface area contributed by atoms with E-state index >= 15 is 0 Å². The molecule has 29 heavy (non-hydrogen) atoms. The summed E-state index contributed by atoms with van der Waals surface area (Å²) in [6.07, 6.45) is 0. The Kier molecular flexibility index (Phi) is 5.57. The SMILES string of the molecule is Cc1ccc(N(CCNC(=O)c2cc3ccc(O)cc3oc2=O)S(=O)(=O)O)cc1. The molecule has 152 valence electrons. The van der Waals surface area contributed by atoms with Crippen LogP contribution in [0.5, 0.6) is 5.75 Å². The molecule has 0 saturated heterocycles. The van der Waals surface area contributed by atoms with Gasteiger partial charge in [0.2, 0.25) is 0 Å². The van der Waals surface area contributed by atoms with E-state index in [-0.39, 0.29) is 35.7 Å². The molecule has 0 bridgehead atoms. The molecule has 0 aliphatic rings. The highest BCUT2D eigenvalue weighted by atomic mass is 32.2. The summed E-state index contributed by atoms with van der Waals surface area (Å²) in [5.74, 6) is -0.841. The lowest BCUT2D eigenvalue weighted by Crippen LogP contribution is -2.39. The number of carbonyl (C=O) groups is 1. The average molecular weight is 418 g/mol. The first-order valence-electron chi connectivity index (χ1n) is 8.52. The first kappa shape index (κ1) is 20.4. The molecular formula is C19H18N2O7S. The number of phenolic OH excluding ortho intramolecular Hbond substituents is 1. The van der Waals surface area contributed by atoms with E-state index in [1.54, 1.807) is 12.1 Å². The Morgan fingerprint density at radius 2 is 1.83 bits per heavy atom. The predicted molar refractivity (Wildman–Crippen MR) is 107 cm³/mol. The summed E-state index contributed by atoms with van der Waals surface area (Å²) >= 11 is 0. The van der Waals surface area contributed by atoms with Crippen molar-refractivity contribution in [1.29, 1.82) is 0 Å². The Bertz CT molecular complexity index is 1220. The number of hydrogen-bond donors (Lipinski definition) is 3. The van der Waals surface area contributed by atoms with Gasteiger partial charge in [0.25, 0.3) is 5.91 Å². The quantitative estimate of drug-likeness (QED) is 0.410. The number of nitrogens with one attached hydrogen (secondary N) is 1. The number of rotatable bonds is 6. The minimum Gasteiger partial charge on any atom is -0.508 e. The second-order valence-corrected chi connectivity index (χ2v) is 7.65. The Labute approximate surface area is 166 Å². The molecule has 3 N–H and O–H groups in total. The second kappa shape index (κ2) is 7.94. The number of amides is 1. The lowest BCUT2D eigenvalue weighted by atomic mass is 10.1. The fourth-order valence-corrected chi connectivity index (χ4v) is 3.42. The molecule has 0 aliphatic heterocycles. The fraction of sp³-hybridized carbons (Fsp3) is 0.158. The largest absolute Gasteiger partial charge is 0.508 e. The number of phenols is 1. The van der Waals surface area contributed by atoms with Crippen LogP contribution >= 0.6 is 0 Å². The third-order valence-electron chi connectivity index (χ3n) is 4.17. The number of anilines is 1. The number of aromatic hydroxyl groups is 1. The van der Waals surface area contributed by atoms with Gasteiger partial charge in [-0.1, -0.05) is 17.7 Å². The highest BCUT2D eigenvalue weighted by Crippen LogP contribution is 2.19. The monoisotopic (exact) mass is 418 g/mol. The molecule has 0 unspecified atom stereocenters. The van der Waals surface area contributed by atoms with Gasteiger partial charge >= 0.3 is 15.9 Å². The highest BCUT2D eigenvalue weighted by molar-refractivity contribution is 7.87. The van der Waals surface area contributed by atoms with E-state index in [1.807, 2.05) is 6.92 Å². The van der Waals surface area contributed by atoms with Crippen LogP contribution in [0.15, 0.2) is 57.7 Å². The molecule has 10 heteroatoms. The summed E-state index contributed by atoms with van der Waals surface area (Å²) in [7, 11) is -4.56. The van der Waals surface area contributed by atoms with Gasteiger partial charge in [-0.3, -0.25) is 9.35 Å². The summed E-state index contributed by atoms with van der Waals surface area (Å²) in [6, 6.07) is 11.9. The third kappa shape index (κ3) is 4.73. The van der Waals surface area contributed by atoms with Crippen LogP contribution in [0, 0.1) is 6.92 Å². The van der Waals surface area contributed by atoms with E-state index in [0.29, 0.717) is 5.39 Å². The standard InChI is InChI=1S/C19H18N2O7S/c1-12-2-5-14(6-3-12)21(29(25,26)27)9-8-20-18(23)16-10-13-4-7-15(22)11-17(13)28-19(16)24/h2-7,10-11,22H,8-9H2,1H3,(H,20,23)(H,25,26,27). The van der Waals surface area contributed by atoms with Crippen molar-refractivity contribution >= 4 is 32.9 Å². The maximum absolute atomic E-state index is 12.3. The molecule has 3 aromatic rings. The van der Waals surface area contributed by atoms with Crippen LogP contribution in [-0.2, 0) is 10.3 Å². The molecule has 0 radical (unpaired) electrons. The van der Waals surface area contributed by atoms with Crippen LogP contribution in [0.4, 0.5) is 5.69 Å². The molecule has 1 amide bonds. The maximum atomic E-state index is 12.3. The van der Waals surface area contributed by atoms with Crippen molar-refractivity contribution in [2.45, 2.75) is 6.92 Å². The van der Waals surface area contributed by atoms with Gasteiger partial charge in [-0.05, 0) is 37.3 Å². The van der Waals surface area contributed by atoms with Gasteiger partial charge in [0.05, 0.1) is 12.2 Å². The van der Waals surface area contributed by atoms with Crippen molar-refractivity contribution < 1.29 is 27.3 Å². The normalized spacial score (nSPS) is 11.4. The van der Waals surface area contributed by atoms with Crippen LogP contribution < -0.4 is 15.2 Å². The smallest absolute Gasteiger partial charge is 0.360 e. The average Bonchev–Trinajstić information content (AvgIpc) is 2.64. The maximum Gasteiger partial charge on any atom is 0.360 e. The number of nitrogens with zero attached hydrogens (tertiary/aromatic N) is 1.